The first kappa shape index (κ1) is 15.9. The molecule has 0 spiro atoms. The second kappa shape index (κ2) is 6.76. The van der Waals surface area contributed by atoms with Crippen LogP contribution in [0.1, 0.15) is 32.1 Å². The first-order valence-corrected chi connectivity index (χ1v) is 12.7. The number of thioether (sulfide) groups is 6. The normalized spacial score (nSPS) is 30.1. The van der Waals surface area contributed by atoms with Crippen molar-refractivity contribution in [2.24, 2.45) is 0 Å². The molecule has 1 saturated carbocycles. The lowest BCUT2D eigenvalue weighted by Crippen LogP contribution is -2.20. The summed E-state index contributed by atoms with van der Waals surface area (Å²) in [5.41, 5.74) is 0. The van der Waals surface area contributed by atoms with Crippen LogP contribution in [0.4, 0.5) is 0 Å². The minimum absolute atomic E-state index is 0.836. The van der Waals surface area contributed by atoms with E-state index in [0.29, 0.717) is 0 Å². The number of hydrogen-bond acceptors (Lipinski definition) is 8. The Balaban J connectivity index is 1.36. The minimum atomic E-state index is 0.836. The Morgan fingerprint density at radius 2 is 1.17 bits per heavy atom. The average molecular weight is 415 g/mol. The second-order valence-electron chi connectivity index (χ2n) is 5.68. The molecule has 4 aliphatic rings. The summed E-state index contributed by atoms with van der Waals surface area (Å²) in [7, 11) is 0. The summed E-state index contributed by atoms with van der Waals surface area (Å²) in [6, 6.07) is 0. The number of hydrogen-bond donors (Lipinski definition) is 0. The largest absolute Gasteiger partial charge is 0.245 e. The van der Waals surface area contributed by atoms with Crippen molar-refractivity contribution >= 4 is 70.6 Å². The molecule has 1 aromatic rings. The molecular weight excluding hydrogens is 401 g/mol. The molecule has 2 unspecified atom stereocenters. The van der Waals surface area contributed by atoms with Crippen LogP contribution in [0.15, 0.2) is 39.4 Å². The number of rotatable bonds is 0. The Hall–Kier alpha value is 0.660. The summed E-state index contributed by atoms with van der Waals surface area (Å²) >= 11 is 11.9. The lowest BCUT2D eigenvalue weighted by Gasteiger charge is -2.28. The summed E-state index contributed by atoms with van der Waals surface area (Å²) in [5, 5.41) is 3.80. The Morgan fingerprint density at radius 1 is 0.652 bits per heavy atom. The quantitative estimate of drug-likeness (QED) is 0.469. The van der Waals surface area contributed by atoms with Gasteiger partial charge in [-0.1, -0.05) is 66.3 Å². The van der Waals surface area contributed by atoms with Gasteiger partial charge in [-0.05, 0) is 12.8 Å². The Kier molecular flexibility index (Phi) is 4.67. The van der Waals surface area contributed by atoms with E-state index < -0.39 is 0 Å². The highest BCUT2D eigenvalue weighted by molar-refractivity contribution is 8.42. The molecular formula is C15H14N2S6. The van der Waals surface area contributed by atoms with Crippen molar-refractivity contribution in [2.75, 3.05) is 0 Å². The van der Waals surface area contributed by atoms with E-state index in [4.69, 9.17) is 0 Å². The summed E-state index contributed by atoms with van der Waals surface area (Å²) in [4.78, 5) is 8.89. The Labute approximate surface area is 161 Å². The third kappa shape index (κ3) is 3.12. The molecule has 2 nitrogen and oxygen atoms in total. The van der Waals surface area contributed by atoms with Gasteiger partial charge in [0.15, 0.2) is 0 Å². The summed E-state index contributed by atoms with van der Waals surface area (Å²) in [6.45, 7) is 0. The van der Waals surface area contributed by atoms with Crippen LogP contribution in [0.25, 0.3) is 0 Å². The molecule has 0 saturated heterocycles. The maximum Gasteiger partial charge on any atom is 0.134 e. The molecule has 1 aliphatic carbocycles. The van der Waals surface area contributed by atoms with Crippen LogP contribution in [0.3, 0.4) is 0 Å². The van der Waals surface area contributed by atoms with Crippen molar-refractivity contribution in [3.05, 3.63) is 29.3 Å². The van der Waals surface area contributed by atoms with Gasteiger partial charge in [-0.25, -0.2) is 9.97 Å². The van der Waals surface area contributed by atoms with Crippen LogP contribution < -0.4 is 0 Å². The van der Waals surface area contributed by atoms with Crippen molar-refractivity contribution in [1.29, 1.82) is 0 Å². The van der Waals surface area contributed by atoms with Crippen LogP contribution in [0.5, 0.6) is 0 Å². The van der Waals surface area contributed by atoms with Crippen LogP contribution >= 0.6 is 70.6 Å². The smallest absolute Gasteiger partial charge is 0.134 e. The van der Waals surface area contributed by atoms with E-state index >= 15 is 0 Å². The zero-order valence-electron chi connectivity index (χ0n) is 12.2. The van der Waals surface area contributed by atoms with Gasteiger partial charge in [0.2, 0.25) is 0 Å². The first-order valence-electron chi connectivity index (χ1n) is 7.71. The SMILES string of the molecule is c1cnc2c(n1)SC(=C1SC3=C(S1)SC1CCCCCC1S3)S2. The lowest BCUT2D eigenvalue weighted by atomic mass is 10.2. The van der Waals surface area contributed by atoms with Gasteiger partial charge in [0, 0.05) is 22.9 Å². The molecule has 1 fully saturated rings. The van der Waals surface area contributed by atoms with E-state index in [2.05, 4.69) is 33.5 Å². The van der Waals surface area contributed by atoms with Crippen molar-refractivity contribution < 1.29 is 0 Å². The molecule has 5 rings (SSSR count). The molecule has 0 bridgehead atoms. The number of aromatic nitrogens is 2. The molecule has 120 valence electrons. The number of fused-ring (bicyclic) bond motifs is 2. The predicted molar refractivity (Wildman–Crippen MR) is 109 cm³/mol. The highest BCUT2D eigenvalue weighted by Crippen LogP contribution is 2.67. The Bertz CT molecular complexity index is 661. The molecule has 1 aromatic heterocycles. The summed E-state index contributed by atoms with van der Waals surface area (Å²) in [6.07, 6.45) is 10.6. The van der Waals surface area contributed by atoms with Crippen LogP contribution in [-0.2, 0) is 0 Å². The van der Waals surface area contributed by atoms with Gasteiger partial charge in [0.25, 0.3) is 0 Å². The predicted octanol–water partition coefficient (Wildman–Crippen LogP) is 6.59. The molecule has 0 radical (unpaired) electrons. The molecule has 8 heteroatoms. The van der Waals surface area contributed by atoms with E-state index in [1.165, 1.54) is 40.6 Å². The fourth-order valence-corrected chi connectivity index (χ4v) is 12.5. The third-order valence-electron chi connectivity index (χ3n) is 4.12. The number of nitrogens with zero attached hydrogens (tertiary/aromatic N) is 2. The van der Waals surface area contributed by atoms with E-state index in [1.807, 2.05) is 23.5 Å². The highest BCUT2D eigenvalue weighted by Gasteiger charge is 2.38. The van der Waals surface area contributed by atoms with Crippen molar-refractivity contribution in [1.82, 2.24) is 9.97 Å². The average Bonchev–Trinajstić information content (AvgIpc) is 3.10. The maximum absolute atomic E-state index is 4.44. The monoisotopic (exact) mass is 414 g/mol. The van der Waals surface area contributed by atoms with E-state index in [-0.39, 0.29) is 0 Å². The molecule has 0 N–H and O–H groups in total. The summed E-state index contributed by atoms with van der Waals surface area (Å²) in [5.74, 6) is 0. The van der Waals surface area contributed by atoms with Gasteiger partial charge in [-0.2, -0.15) is 0 Å². The van der Waals surface area contributed by atoms with Gasteiger partial charge in [-0.3, -0.25) is 0 Å². The second-order valence-corrected chi connectivity index (χ2v) is 13.2. The van der Waals surface area contributed by atoms with Crippen molar-refractivity contribution in [3.8, 4) is 0 Å². The molecule has 4 heterocycles. The molecule has 0 aromatic carbocycles. The highest BCUT2D eigenvalue weighted by atomic mass is 32.3. The van der Waals surface area contributed by atoms with Crippen LogP contribution in [-0.4, -0.2) is 20.5 Å². The van der Waals surface area contributed by atoms with Gasteiger partial charge in [-0.15, -0.1) is 23.5 Å². The Morgan fingerprint density at radius 3 is 1.74 bits per heavy atom. The van der Waals surface area contributed by atoms with Crippen LogP contribution in [0, 0.1) is 0 Å². The van der Waals surface area contributed by atoms with Gasteiger partial charge in [0.05, 0.1) is 16.9 Å². The molecule has 3 aliphatic heterocycles. The van der Waals surface area contributed by atoms with Crippen molar-refractivity contribution in [3.63, 3.8) is 0 Å². The third-order valence-corrected chi connectivity index (χ3v) is 13.4. The zero-order valence-corrected chi connectivity index (χ0v) is 17.1. The topological polar surface area (TPSA) is 25.8 Å². The first-order chi connectivity index (χ1) is 11.4. The molecule has 0 amide bonds. The van der Waals surface area contributed by atoms with Gasteiger partial charge < -0.3 is 0 Å². The van der Waals surface area contributed by atoms with E-state index in [0.717, 1.165) is 20.6 Å². The fourth-order valence-electron chi connectivity index (χ4n) is 3.02. The van der Waals surface area contributed by atoms with Crippen molar-refractivity contribution in [2.45, 2.75) is 52.7 Å². The maximum atomic E-state index is 4.44. The van der Waals surface area contributed by atoms with Gasteiger partial charge in [0.1, 0.15) is 10.1 Å². The summed E-state index contributed by atoms with van der Waals surface area (Å²) < 4.78 is 5.94. The molecule has 2 atom stereocenters. The van der Waals surface area contributed by atoms with Crippen LogP contribution in [0.2, 0.25) is 0 Å². The lowest BCUT2D eigenvalue weighted by molar-refractivity contribution is 0.704. The minimum Gasteiger partial charge on any atom is -0.245 e. The molecule has 23 heavy (non-hydrogen) atoms. The standard InChI is InChI=1S/C15H14N2S6/c1-2-4-8-9(5-3-1)19-13-12(18-8)22-15(23-13)14-20-10-11(21-14)17-7-6-16-10/h6-9H,1-5H2. The zero-order chi connectivity index (χ0) is 15.2. The van der Waals surface area contributed by atoms with E-state index in [1.54, 1.807) is 44.4 Å². The van der Waals surface area contributed by atoms with Gasteiger partial charge >= 0.3 is 0 Å². The van der Waals surface area contributed by atoms with E-state index in [9.17, 15) is 0 Å². The fraction of sp³-hybridized carbons (Fsp3) is 0.467.